The molecular weight excluding hydrogens is 414 g/mol. The molecule has 2 aromatic rings. The van der Waals surface area contributed by atoms with Crippen molar-refractivity contribution < 1.29 is 23.7 Å². The molecule has 162 valence electrons. The van der Waals surface area contributed by atoms with Crippen molar-refractivity contribution in [3.8, 4) is 5.75 Å². The van der Waals surface area contributed by atoms with Gasteiger partial charge in [0.2, 0.25) is 0 Å². The minimum Gasteiger partial charge on any atom is -0.479 e. The van der Waals surface area contributed by atoms with Crippen LogP contribution in [-0.4, -0.2) is 28.0 Å². The highest BCUT2D eigenvalue weighted by Gasteiger charge is 2.67. The molecule has 4 aliphatic carbocycles. The fourth-order valence-corrected chi connectivity index (χ4v) is 5.59. The molecule has 5 aliphatic rings. The second-order valence-electron chi connectivity index (χ2n) is 8.71. The van der Waals surface area contributed by atoms with Gasteiger partial charge in [-0.25, -0.2) is 0 Å². The van der Waals surface area contributed by atoms with Gasteiger partial charge in [-0.15, -0.1) is 0 Å². The Morgan fingerprint density at radius 2 is 1.78 bits per heavy atom. The molecule has 6 atom stereocenters. The topological polar surface area (TPSA) is 115 Å². The summed E-state index contributed by atoms with van der Waals surface area (Å²) in [6.07, 6.45) is 6.70. The normalized spacial score (nSPS) is 31.8. The number of carbonyl (C=O) groups excluding carboxylic acids is 2. The van der Waals surface area contributed by atoms with Crippen LogP contribution in [0.25, 0.3) is 0 Å². The third-order valence-corrected chi connectivity index (χ3v) is 7.05. The zero-order valence-electron chi connectivity index (χ0n) is 16.9. The first-order valence-corrected chi connectivity index (χ1v) is 10.6. The van der Waals surface area contributed by atoms with Gasteiger partial charge in [-0.05, 0) is 48.3 Å². The number of para-hydroxylation sites is 2. The molecule has 7 rings (SSSR count). The first-order valence-electron chi connectivity index (χ1n) is 10.6. The van der Waals surface area contributed by atoms with E-state index >= 15 is 0 Å². The number of nitro groups is 1. The van der Waals surface area contributed by atoms with Crippen molar-refractivity contribution >= 4 is 23.7 Å². The highest BCUT2D eigenvalue weighted by Crippen LogP contribution is 2.65. The van der Waals surface area contributed by atoms with Crippen LogP contribution in [0.3, 0.4) is 0 Å². The van der Waals surface area contributed by atoms with Crippen LogP contribution in [-0.2, 0) is 16.2 Å². The van der Waals surface area contributed by atoms with Crippen LogP contribution in [0.5, 0.6) is 5.75 Å². The zero-order valence-corrected chi connectivity index (χ0v) is 16.9. The number of rotatable bonds is 6. The quantitative estimate of drug-likeness (QED) is 0.227. The average molecular weight is 433 g/mol. The largest absolute Gasteiger partial charge is 0.479 e. The summed E-state index contributed by atoms with van der Waals surface area (Å²) in [7, 11) is 0. The number of hydrazone groups is 1. The Labute approximate surface area is 182 Å². The highest BCUT2D eigenvalue weighted by atomic mass is 16.6. The number of nitrogens with zero attached hydrogens (tertiary/aromatic N) is 3. The van der Waals surface area contributed by atoms with E-state index in [4.69, 9.17) is 9.15 Å². The highest BCUT2D eigenvalue weighted by molar-refractivity contribution is 6.06. The van der Waals surface area contributed by atoms with Crippen molar-refractivity contribution in [2.75, 3.05) is 0 Å². The molecule has 0 N–H and O–H groups in total. The van der Waals surface area contributed by atoms with Crippen LogP contribution in [0.2, 0.25) is 0 Å². The monoisotopic (exact) mass is 433 g/mol. The predicted octanol–water partition coefficient (Wildman–Crippen LogP) is 3.15. The molecule has 2 amide bonds. The van der Waals surface area contributed by atoms with Crippen LogP contribution in [0, 0.1) is 45.6 Å². The molecule has 2 bridgehead atoms. The summed E-state index contributed by atoms with van der Waals surface area (Å²) < 4.78 is 11.1. The Morgan fingerprint density at radius 3 is 2.47 bits per heavy atom. The fraction of sp³-hybridized carbons (Fsp3) is 0.348. The molecule has 2 heterocycles. The van der Waals surface area contributed by atoms with E-state index in [0.717, 1.165) is 11.4 Å². The Balaban J connectivity index is 1.14. The SMILES string of the molecule is O=C1[C@@H]2[C@H]3C=C[C@@H]([C@@H]4C[C@@H]34)[C@H]2C(=O)N1/N=C\c1ccc(COc2ccccc2[N+](=O)[O-])o1. The standard InChI is InChI=1S/C23H19N3O6/c27-22-20-14-7-8-15(17-9-16(14)17)21(20)23(28)25(22)24-10-12-5-6-13(32-12)11-31-19-4-2-1-3-18(19)26(29)30/h1-8,10,14-17,20-21H,9,11H2/b24-10-/t14-,15-,16-,17-,20+,21+/m0/s1. The molecule has 3 fully saturated rings. The molecule has 1 aromatic carbocycles. The summed E-state index contributed by atoms with van der Waals surface area (Å²) in [5, 5.41) is 16.2. The number of allylic oxidation sites excluding steroid dienone is 2. The number of benzene rings is 1. The summed E-state index contributed by atoms with van der Waals surface area (Å²) in [4.78, 5) is 36.4. The van der Waals surface area contributed by atoms with Gasteiger partial charge < -0.3 is 9.15 Å². The second kappa shape index (κ2) is 6.88. The van der Waals surface area contributed by atoms with E-state index in [1.807, 2.05) is 0 Å². The second-order valence-corrected chi connectivity index (χ2v) is 8.71. The van der Waals surface area contributed by atoms with Crippen LogP contribution in [0.15, 0.2) is 58.1 Å². The number of imide groups is 1. The first kappa shape index (κ1) is 19.0. The van der Waals surface area contributed by atoms with Crippen LogP contribution in [0.4, 0.5) is 5.69 Å². The van der Waals surface area contributed by atoms with Crippen molar-refractivity contribution in [3.05, 3.63) is 70.2 Å². The third-order valence-electron chi connectivity index (χ3n) is 7.05. The Morgan fingerprint density at radius 1 is 1.09 bits per heavy atom. The molecule has 9 heteroatoms. The van der Waals surface area contributed by atoms with Gasteiger partial charge in [0.15, 0.2) is 5.75 Å². The van der Waals surface area contributed by atoms with Crippen LogP contribution >= 0.6 is 0 Å². The lowest BCUT2D eigenvalue weighted by Gasteiger charge is -2.37. The van der Waals surface area contributed by atoms with E-state index < -0.39 is 4.92 Å². The van der Waals surface area contributed by atoms with Gasteiger partial charge in [-0.2, -0.15) is 10.1 Å². The van der Waals surface area contributed by atoms with Gasteiger partial charge >= 0.3 is 5.69 Å². The number of furan rings is 1. The van der Waals surface area contributed by atoms with E-state index in [-0.39, 0.29) is 53.5 Å². The van der Waals surface area contributed by atoms with Gasteiger partial charge in [0.25, 0.3) is 11.8 Å². The lowest BCUT2D eigenvalue weighted by Crippen LogP contribution is -2.40. The Bertz CT molecular complexity index is 1160. The molecule has 32 heavy (non-hydrogen) atoms. The third kappa shape index (κ3) is 2.80. The molecule has 9 nitrogen and oxygen atoms in total. The predicted molar refractivity (Wildman–Crippen MR) is 110 cm³/mol. The summed E-state index contributed by atoms with van der Waals surface area (Å²) in [6.45, 7) is -0.0117. The molecular formula is C23H19N3O6. The molecule has 1 aromatic heterocycles. The van der Waals surface area contributed by atoms with Crippen molar-refractivity contribution in [3.63, 3.8) is 0 Å². The molecule has 2 saturated carbocycles. The van der Waals surface area contributed by atoms with Gasteiger partial charge in [-0.3, -0.25) is 19.7 Å². The van der Waals surface area contributed by atoms with Crippen LogP contribution in [0.1, 0.15) is 17.9 Å². The van der Waals surface area contributed by atoms with E-state index in [1.165, 1.54) is 18.3 Å². The zero-order chi connectivity index (χ0) is 22.0. The molecule has 0 radical (unpaired) electrons. The smallest absolute Gasteiger partial charge is 0.310 e. The van der Waals surface area contributed by atoms with Gasteiger partial charge in [-0.1, -0.05) is 24.3 Å². The number of carbonyl (C=O) groups is 2. The van der Waals surface area contributed by atoms with Crippen molar-refractivity contribution in [1.29, 1.82) is 0 Å². The summed E-state index contributed by atoms with van der Waals surface area (Å²) in [5.74, 6) is 1.27. The lowest BCUT2D eigenvalue weighted by molar-refractivity contribution is -0.386. The average Bonchev–Trinajstić information content (AvgIpc) is 3.45. The van der Waals surface area contributed by atoms with E-state index in [9.17, 15) is 19.7 Å². The molecule has 0 unspecified atom stereocenters. The maximum atomic E-state index is 12.9. The van der Waals surface area contributed by atoms with Crippen molar-refractivity contribution in [2.24, 2.45) is 40.6 Å². The van der Waals surface area contributed by atoms with Gasteiger partial charge in [0.1, 0.15) is 18.1 Å². The number of ether oxygens (including phenoxy) is 1. The molecule has 1 saturated heterocycles. The number of amides is 2. The molecule has 0 spiro atoms. The first-order chi connectivity index (χ1) is 15.5. The number of nitro benzene ring substituents is 1. The maximum Gasteiger partial charge on any atom is 0.310 e. The number of hydrogen-bond donors (Lipinski definition) is 0. The van der Waals surface area contributed by atoms with Gasteiger partial charge in [0.05, 0.1) is 23.0 Å². The Hall–Kier alpha value is -3.75. The Kier molecular flexibility index (Phi) is 4.08. The summed E-state index contributed by atoms with van der Waals surface area (Å²) in [5.41, 5.74) is -0.130. The minimum atomic E-state index is -0.511. The fourth-order valence-electron chi connectivity index (χ4n) is 5.59. The van der Waals surface area contributed by atoms with Crippen molar-refractivity contribution in [2.45, 2.75) is 13.0 Å². The van der Waals surface area contributed by atoms with Gasteiger partial charge in [0, 0.05) is 6.07 Å². The van der Waals surface area contributed by atoms with Crippen LogP contribution < -0.4 is 4.74 Å². The van der Waals surface area contributed by atoms with Crippen molar-refractivity contribution in [1.82, 2.24) is 5.01 Å². The minimum absolute atomic E-state index is 0.0117. The lowest BCUT2D eigenvalue weighted by atomic mass is 9.63. The van der Waals surface area contributed by atoms with E-state index in [2.05, 4.69) is 17.3 Å². The molecule has 1 aliphatic heterocycles. The van der Waals surface area contributed by atoms with E-state index in [0.29, 0.717) is 23.4 Å². The number of hydrogen-bond acceptors (Lipinski definition) is 7. The summed E-state index contributed by atoms with van der Waals surface area (Å²) >= 11 is 0. The van der Waals surface area contributed by atoms with E-state index in [1.54, 1.807) is 24.3 Å². The summed E-state index contributed by atoms with van der Waals surface area (Å²) in [6, 6.07) is 9.38. The maximum absolute atomic E-state index is 12.9.